The average molecular weight is 290 g/mol. The molecule has 0 bridgehead atoms. The van der Waals surface area contributed by atoms with Crippen LogP contribution in [0.25, 0.3) is 10.8 Å². The van der Waals surface area contributed by atoms with Crippen molar-refractivity contribution in [1.29, 1.82) is 0 Å². The van der Waals surface area contributed by atoms with Gasteiger partial charge in [-0.15, -0.1) is 0 Å². The van der Waals surface area contributed by atoms with Crippen LogP contribution >= 0.6 is 0 Å². The summed E-state index contributed by atoms with van der Waals surface area (Å²) in [7, 11) is 0. The third-order valence-electron chi connectivity index (χ3n) is 3.45. The van der Waals surface area contributed by atoms with Crippen molar-refractivity contribution in [2.45, 2.75) is 6.61 Å². The van der Waals surface area contributed by atoms with Gasteiger partial charge in [-0.2, -0.15) is 0 Å². The van der Waals surface area contributed by atoms with E-state index < -0.39 is 0 Å². The molecule has 3 aromatic carbocycles. The lowest BCUT2D eigenvalue weighted by atomic mass is 10.0. The highest BCUT2D eigenvalue weighted by molar-refractivity contribution is 5.96. The van der Waals surface area contributed by atoms with Crippen molar-refractivity contribution in [2.75, 3.05) is 0 Å². The minimum atomic E-state index is -0.356. The monoisotopic (exact) mass is 290 g/mol. The number of esters is 1. The molecule has 3 nitrogen and oxygen atoms in total. The van der Waals surface area contributed by atoms with Gasteiger partial charge in [-0.05, 0) is 34.5 Å². The molecule has 0 spiro atoms. The molecule has 0 heterocycles. The van der Waals surface area contributed by atoms with Crippen LogP contribution in [0.15, 0.2) is 66.7 Å². The Kier molecular flexibility index (Phi) is 3.97. The van der Waals surface area contributed by atoms with Gasteiger partial charge in [0.15, 0.2) is 0 Å². The smallest absolute Gasteiger partial charge is 0.338 e. The molecule has 0 aliphatic carbocycles. The van der Waals surface area contributed by atoms with E-state index in [1.54, 1.807) is 24.3 Å². The number of hydrogen-bond donors (Lipinski definition) is 0. The Morgan fingerprint density at radius 3 is 2.41 bits per heavy atom. The van der Waals surface area contributed by atoms with E-state index in [9.17, 15) is 9.59 Å². The molecular weight excluding hydrogens is 276 g/mol. The maximum atomic E-state index is 12.1. The second-order valence-corrected chi connectivity index (χ2v) is 5.00. The van der Waals surface area contributed by atoms with Gasteiger partial charge in [0.1, 0.15) is 12.9 Å². The molecule has 0 amide bonds. The number of carbonyl (C=O) groups excluding carboxylic acids is 2. The fourth-order valence-corrected chi connectivity index (χ4v) is 2.27. The molecule has 0 fully saturated rings. The zero-order chi connectivity index (χ0) is 15.4. The lowest BCUT2D eigenvalue weighted by Crippen LogP contribution is -2.05. The van der Waals surface area contributed by atoms with Crippen LogP contribution in [-0.4, -0.2) is 12.3 Å². The van der Waals surface area contributed by atoms with Crippen molar-refractivity contribution in [1.82, 2.24) is 0 Å². The number of fused-ring (bicyclic) bond motifs is 1. The molecule has 0 N–H and O–H groups in total. The van der Waals surface area contributed by atoms with Gasteiger partial charge in [0.2, 0.25) is 0 Å². The number of carbonyl (C=O) groups is 2. The van der Waals surface area contributed by atoms with Crippen molar-refractivity contribution >= 4 is 23.0 Å². The minimum absolute atomic E-state index is 0.252. The van der Waals surface area contributed by atoms with Gasteiger partial charge in [0, 0.05) is 5.56 Å². The number of ether oxygens (including phenoxy) is 1. The molecule has 3 rings (SSSR count). The highest BCUT2D eigenvalue weighted by atomic mass is 16.5. The fourth-order valence-electron chi connectivity index (χ4n) is 2.27. The van der Waals surface area contributed by atoms with Crippen LogP contribution in [0, 0.1) is 0 Å². The fraction of sp³-hybridized carbons (Fsp3) is 0.0526. The third-order valence-corrected chi connectivity index (χ3v) is 3.45. The molecule has 0 aromatic heterocycles. The van der Waals surface area contributed by atoms with Crippen LogP contribution in [0.4, 0.5) is 0 Å². The van der Waals surface area contributed by atoms with Gasteiger partial charge in [0.25, 0.3) is 0 Å². The summed E-state index contributed by atoms with van der Waals surface area (Å²) in [6, 6.07) is 20.2. The van der Waals surface area contributed by atoms with Crippen LogP contribution in [0.5, 0.6) is 0 Å². The van der Waals surface area contributed by atoms with Crippen LogP contribution in [0.2, 0.25) is 0 Å². The largest absolute Gasteiger partial charge is 0.457 e. The number of hydrogen-bond acceptors (Lipinski definition) is 3. The Hall–Kier alpha value is -2.94. The molecule has 0 atom stereocenters. The van der Waals surface area contributed by atoms with Gasteiger partial charge < -0.3 is 4.74 Å². The Morgan fingerprint density at radius 1 is 0.909 bits per heavy atom. The number of benzene rings is 3. The summed E-state index contributed by atoms with van der Waals surface area (Å²) < 4.78 is 5.31. The molecule has 3 heteroatoms. The zero-order valence-electron chi connectivity index (χ0n) is 11.9. The van der Waals surface area contributed by atoms with Gasteiger partial charge in [-0.3, -0.25) is 4.79 Å². The van der Waals surface area contributed by atoms with E-state index in [-0.39, 0.29) is 12.6 Å². The summed E-state index contributed by atoms with van der Waals surface area (Å²) in [5.41, 5.74) is 2.07. The van der Waals surface area contributed by atoms with Crippen LogP contribution in [-0.2, 0) is 11.3 Å². The molecule has 3 aromatic rings. The summed E-state index contributed by atoms with van der Waals surface area (Å²) in [5.74, 6) is -0.356. The number of rotatable bonds is 4. The van der Waals surface area contributed by atoms with E-state index in [1.165, 1.54) is 0 Å². The molecule has 0 saturated carbocycles. The first-order chi connectivity index (χ1) is 10.8. The molecule has 0 aliphatic rings. The number of aldehydes is 1. The molecule has 0 radical (unpaired) electrons. The zero-order valence-corrected chi connectivity index (χ0v) is 11.9. The quantitative estimate of drug-likeness (QED) is 0.538. The maximum Gasteiger partial charge on any atom is 0.338 e. The predicted octanol–water partition coefficient (Wildman–Crippen LogP) is 4.01. The third kappa shape index (κ3) is 3.04. The Bertz CT molecular complexity index is 822. The van der Waals surface area contributed by atoms with Crippen molar-refractivity contribution in [2.24, 2.45) is 0 Å². The highest BCUT2D eigenvalue weighted by Crippen LogP contribution is 2.18. The van der Waals surface area contributed by atoms with E-state index in [0.717, 1.165) is 22.6 Å². The first-order valence-corrected chi connectivity index (χ1v) is 6.96. The van der Waals surface area contributed by atoms with Crippen molar-refractivity contribution in [3.63, 3.8) is 0 Å². The molecule has 22 heavy (non-hydrogen) atoms. The summed E-state index contributed by atoms with van der Waals surface area (Å²) in [4.78, 5) is 22.9. The normalized spacial score (nSPS) is 10.4. The first-order valence-electron chi connectivity index (χ1n) is 6.96. The van der Waals surface area contributed by atoms with Crippen LogP contribution < -0.4 is 0 Å². The first kappa shape index (κ1) is 14.0. The van der Waals surface area contributed by atoms with Gasteiger partial charge in [-0.1, -0.05) is 48.5 Å². The van der Waals surface area contributed by atoms with Crippen LogP contribution in [0.3, 0.4) is 0 Å². The molecule has 0 aliphatic heterocycles. The van der Waals surface area contributed by atoms with E-state index in [0.29, 0.717) is 11.1 Å². The Labute approximate surface area is 128 Å². The lowest BCUT2D eigenvalue weighted by molar-refractivity contribution is 0.0473. The predicted molar refractivity (Wildman–Crippen MR) is 84.9 cm³/mol. The summed E-state index contributed by atoms with van der Waals surface area (Å²) in [6.07, 6.45) is 0.807. The Balaban J connectivity index is 1.77. The van der Waals surface area contributed by atoms with Gasteiger partial charge >= 0.3 is 5.97 Å². The molecule has 0 unspecified atom stereocenters. The van der Waals surface area contributed by atoms with Gasteiger partial charge in [-0.25, -0.2) is 4.79 Å². The molecule has 108 valence electrons. The second-order valence-electron chi connectivity index (χ2n) is 5.00. The van der Waals surface area contributed by atoms with Crippen molar-refractivity contribution < 1.29 is 14.3 Å². The van der Waals surface area contributed by atoms with Crippen molar-refractivity contribution in [3.05, 3.63) is 83.4 Å². The topological polar surface area (TPSA) is 43.4 Å². The van der Waals surface area contributed by atoms with E-state index >= 15 is 0 Å². The lowest BCUT2D eigenvalue weighted by Gasteiger charge is -2.06. The van der Waals surface area contributed by atoms with E-state index in [2.05, 4.69) is 0 Å². The SMILES string of the molecule is O=Cc1ccc2cc(C(=O)OCc3ccccc3)ccc2c1. The maximum absolute atomic E-state index is 12.1. The second kappa shape index (κ2) is 6.22. The van der Waals surface area contributed by atoms with Crippen LogP contribution in [0.1, 0.15) is 26.3 Å². The van der Waals surface area contributed by atoms with E-state index in [1.807, 2.05) is 42.5 Å². The highest BCUT2D eigenvalue weighted by Gasteiger charge is 2.08. The average Bonchev–Trinajstić information content (AvgIpc) is 2.59. The standard InChI is InChI=1S/C19H14O3/c20-12-15-6-7-17-11-18(9-8-16(17)10-15)19(21)22-13-14-4-2-1-3-5-14/h1-12H,13H2. The van der Waals surface area contributed by atoms with E-state index in [4.69, 9.17) is 4.74 Å². The Morgan fingerprint density at radius 2 is 1.64 bits per heavy atom. The molecular formula is C19H14O3. The summed E-state index contributed by atoms with van der Waals surface area (Å²) in [5, 5.41) is 1.82. The van der Waals surface area contributed by atoms with Gasteiger partial charge in [0.05, 0.1) is 5.56 Å². The molecule has 0 saturated heterocycles. The summed E-state index contributed by atoms with van der Waals surface area (Å²) in [6.45, 7) is 0.252. The summed E-state index contributed by atoms with van der Waals surface area (Å²) >= 11 is 0. The minimum Gasteiger partial charge on any atom is -0.457 e. The van der Waals surface area contributed by atoms with Crippen molar-refractivity contribution in [3.8, 4) is 0 Å².